The van der Waals surface area contributed by atoms with E-state index >= 15 is 0 Å². The van der Waals surface area contributed by atoms with Crippen LogP contribution in [-0.2, 0) is 16.1 Å². The molecule has 1 saturated heterocycles. The molecule has 0 bridgehead atoms. The SMILES string of the molecule is COc1ccccc1CN1C(=O)CN(C2CCCC2)C(=O)[C@H]1c1ccc(Cl)cc1. The number of halogens is 1. The summed E-state index contributed by atoms with van der Waals surface area (Å²) in [5.74, 6) is 0.664. The lowest BCUT2D eigenvalue weighted by Gasteiger charge is -2.43. The van der Waals surface area contributed by atoms with Gasteiger partial charge in [0.05, 0.1) is 13.7 Å². The molecule has 0 spiro atoms. The van der Waals surface area contributed by atoms with Gasteiger partial charge in [-0.3, -0.25) is 9.59 Å². The fourth-order valence-corrected chi connectivity index (χ4v) is 4.56. The summed E-state index contributed by atoms with van der Waals surface area (Å²) in [5.41, 5.74) is 1.66. The minimum atomic E-state index is -0.654. The van der Waals surface area contributed by atoms with Crippen molar-refractivity contribution in [2.45, 2.75) is 44.3 Å². The third kappa shape index (κ3) is 3.97. The van der Waals surface area contributed by atoms with E-state index in [1.165, 1.54) is 0 Å². The van der Waals surface area contributed by atoms with Crippen molar-refractivity contribution in [3.63, 3.8) is 0 Å². The second-order valence-electron chi connectivity index (χ2n) is 7.69. The van der Waals surface area contributed by atoms with Crippen LogP contribution in [0.4, 0.5) is 0 Å². The molecule has 1 saturated carbocycles. The highest BCUT2D eigenvalue weighted by Gasteiger charge is 2.43. The van der Waals surface area contributed by atoms with Gasteiger partial charge in [0.25, 0.3) is 5.91 Å². The van der Waals surface area contributed by atoms with Gasteiger partial charge in [-0.1, -0.05) is 54.8 Å². The number of carbonyl (C=O) groups excluding carboxylic acids is 2. The zero-order chi connectivity index (χ0) is 20.4. The summed E-state index contributed by atoms with van der Waals surface area (Å²) in [6, 6.07) is 14.3. The van der Waals surface area contributed by atoms with Crippen LogP contribution >= 0.6 is 11.6 Å². The number of nitrogens with zero attached hydrogens (tertiary/aromatic N) is 2. The topological polar surface area (TPSA) is 49.9 Å². The van der Waals surface area contributed by atoms with E-state index in [0.29, 0.717) is 17.3 Å². The number of ether oxygens (including phenoxy) is 1. The number of piperazine rings is 1. The normalized spacial score (nSPS) is 20.4. The summed E-state index contributed by atoms with van der Waals surface area (Å²) in [7, 11) is 1.61. The Kier molecular flexibility index (Phi) is 5.76. The van der Waals surface area contributed by atoms with Crippen LogP contribution in [0.15, 0.2) is 48.5 Å². The van der Waals surface area contributed by atoms with Crippen molar-refractivity contribution in [1.82, 2.24) is 9.80 Å². The largest absolute Gasteiger partial charge is 0.496 e. The molecule has 2 aliphatic rings. The Hall–Kier alpha value is -2.53. The van der Waals surface area contributed by atoms with Crippen molar-refractivity contribution in [2.75, 3.05) is 13.7 Å². The standard InChI is InChI=1S/C23H25ClN2O3/c1-29-20-9-5-2-6-17(20)14-26-21(27)15-25(19-7-3-4-8-19)23(28)22(26)16-10-12-18(24)13-11-16/h2,5-6,9-13,19,22H,3-4,7-8,14-15H2,1H3/t22-/m1/s1. The quantitative estimate of drug-likeness (QED) is 0.739. The van der Waals surface area contributed by atoms with Crippen LogP contribution in [0.1, 0.15) is 42.9 Å². The summed E-state index contributed by atoms with van der Waals surface area (Å²) < 4.78 is 5.46. The molecule has 1 aliphatic carbocycles. The van der Waals surface area contributed by atoms with Gasteiger partial charge in [0, 0.05) is 16.6 Å². The number of benzene rings is 2. The van der Waals surface area contributed by atoms with E-state index in [2.05, 4.69) is 0 Å². The number of hydrogen-bond donors (Lipinski definition) is 0. The molecule has 2 fully saturated rings. The average molecular weight is 413 g/mol. The van der Waals surface area contributed by atoms with Gasteiger partial charge in [-0.25, -0.2) is 0 Å². The van der Waals surface area contributed by atoms with E-state index < -0.39 is 6.04 Å². The van der Waals surface area contributed by atoms with Gasteiger partial charge >= 0.3 is 0 Å². The van der Waals surface area contributed by atoms with E-state index in [1.54, 1.807) is 29.0 Å². The van der Waals surface area contributed by atoms with Gasteiger partial charge in [0.2, 0.25) is 5.91 Å². The monoisotopic (exact) mass is 412 g/mol. The summed E-state index contributed by atoms with van der Waals surface area (Å²) in [6.07, 6.45) is 4.16. The third-order valence-electron chi connectivity index (χ3n) is 5.94. The van der Waals surface area contributed by atoms with Crippen LogP contribution in [0, 0.1) is 0 Å². The van der Waals surface area contributed by atoms with Gasteiger partial charge in [-0.2, -0.15) is 0 Å². The van der Waals surface area contributed by atoms with E-state index in [-0.39, 0.29) is 24.4 Å². The average Bonchev–Trinajstić information content (AvgIpc) is 3.26. The van der Waals surface area contributed by atoms with Gasteiger partial charge in [0.1, 0.15) is 18.3 Å². The first-order valence-corrected chi connectivity index (χ1v) is 10.4. The summed E-state index contributed by atoms with van der Waals surface area (Å²) in [6.45, 7) is 0.461. The second-order valence-corrected chi connectivity index (χ2v) is 8.13. The summed E-state index contributed by atoms with van der Waals surface area (Å²) >= 11 is 6.06. The zero-order valence-corrected chi connectivity index (χ0v) is 17.3. The van der Waals surface area contributed by atoms with E-state index in [4.69, 9.17) is 16.3 Å². The Labute approximate surface area is 176 Å². The predicted molar refractivity (Wildman–Crippen MR) is 112 cm³/mol. The Morgan fingerprint density at radius 3 is 2.41 bits per heavy atom. The minimum Gasteiger partial charge on any atom is -0.496 e. The second kappa shape index (κ2) is 8.46. The lowest BCUT2D eigenvalue weighted by molar-refractivity contribution is -0.159. The fraction of sp³-hybridized carbons (Fsp3) is 0.391. The zero-order valence-electron chi connectivity index (χ0n) is 16.5. The van der Waals surface area contributed by atoms with Crippen molar-refractivity contribution in [3.05, 3.63) is 64.7 Å². The fourth-order valence-electron chi connectivity index (χ4n) is 4.44. The maximum Gasteiger partial charge on any atom is 0.250 e. The number of amides is 2. The first-order chi connectivity index (χ1) is 14.1. The lowest BCUT2D eigenvalue weighted by Crippen LogP contribution is -2.57. The molecule has 1 aliphatic heterocycles. The first-order valence-electron chi connectivity index (χ1n) is 10.1. The Balaban J connectivity index is 1.70. The first kappa shape index (κ1) is 19.8. The van der Waals surface area contributed by atoms with Crippen molar-refractivity contribution in [1.29, 1.82) is 0 Å². The maximum atomic E-state index is 13.6. The van der Waals surface area contributed by atoms with Gasteiger partial charge in [-0.15, -0.1) is 0 Å². The van der Waals surface area contributed by atoms with E-state index in [1.807, 2.05) is 36.4 Å². The van der Waals surface area contributed by atoms with Gasteiger partial charge in [-0.05, 0) is 36.6 Å². The van der Waals surface area contributed by atoms with Crippen LogP contribution in [0.5, 0.6) is 5.75 Å². The smallest absolute Gasteiger partial charge is 0.250 e. The van der Waals surface area contributed by atoms with Crippen LogP contribution in [-0.4, -0.2) is 41.3 Å². The molecule has 6 heteroatoms. The van der Waals surface area contributed by atoms with Gasteiger partial charge < -0.3 is 14.5 Å². The lowest BCUT2D eigenvalue weighted by atomic mass is 9.98. The molecule has 2 aromatic rings. The Bertz CT molecular complexity index is 893. The van der Waals surface area contributed by atoms with Crippen molar-refractivity contribution in [2.24, 2.45) is 0 Å². The molecule has 0 aromatic heterocycles. The number of carbonyl (C=O) groups is 2. The number of hydrogen-bond acceptors (Lipinski definition) is 3. The Morgan fingerprint density at radius 1 is 1.03 bits per heavy atom. The molecule has 29 heavy (non-hydrogen) atoms. The van der Waals surface area contributed by atoms with Crippen LogP contribution in [0.25, 0.3) is 0 Å². The minimum absolute atomic E-state index is 0.00581. The van der Waals surface area contributed by atoms with Crippen LogP contribution in [0.3, 0.4) is 0 Å². The molecule has 0 unspecified atom stereocenters. The van der Waals surface area contributed by atoms with Crippen molar-refractivity contribution in [3.8, 4) is 5.75 Å². The van der Waals surface area contributed by atoms with Crippen molar-refractivity contribution < 1.29 is 14.3 Å². The Morgan fingerprint density at radius 2 is 1.72 bits per heavy atom. The highest BCUT2D eigenvalue weighted by molar-refractivity contribution is 6.30. The molecule has 0 N–H and O–H groups in total. The molecule has 1 heterocycles. The van der Waals surface area contributed by atoms with E-state index in [0.717, 1.165) is 36.8 Å². The molecular formula is C23H25ClN2O3. The maximum absolute atomic E-state index is 13.6. The third-order valence-corrected chi connectivity index (χ3v) is 6.19. The molecule has 4 rings (SSSR count). The highest BCUT2D eigenvalue weighted by atomic mass is 35.5. The summed E-state index contributed by atoms with van der Waals surface area (Å²) in [5, 5.41) is 0.604. The molecule has 1 atom stereocenters. The molecular weight excluding hydrogens is 388 g/mol. The number of methoxy groups -OCH3 is 1. The molecule has 5 nitrogen and oxygen atoms in total. The number of para-hydroxylation sites is 1. The van der Waals surface area contributed by atoms with E-state index in [9.17, 15) is 9.59 Å². The van der Waals surface area contributed by atoms with Crippen molar-refractivity contribution >= 4 is 23.4 Å². The van der Waals surface area contributed by atoms with Crippen LogP contribution < -0.4 is 4.74 Å². The molecule has 2 amide bonds. The molecule has 0 radical (unpaired) electrons. The highest BCUT2D eigenvalue weighted by Crippen LogP contribution is 2.35. The summed E-state index contributed by atoms with van der Waals surface area (Å²) in [4.78, 5) is 30.3. The number of rotatable bonds is 5. The predicted octanol–water partition coefficient (Wildman–Crippen LogP) is 4.20. The van der Waals surface area contributed by atoms with Gasteiger partial charge in [0.15, 0.2) is 0 Å². The molecule has 2 aromatic carbocycles. The molecule has 152 valence electrons. The van der Waals surface area contributed by atoms with Crippen LogP contribution in [0.2, 0.25) is 5.02 Å².